The van der Waals surface area contributed by atoms with Gasteiger partial charge in [0.1, 0.15) is 5.75 Å². The first-order valence-corrected chi connectivity index (χ1v) is 5.56. The third kappa shape index (κ3) is 4.34. The molecule has 0 spiro atoms. The van der Waals surface area contributed by atoms with Crippen molar-refractivity contribution in [2.24, 2.45) is 5.73 Å². The van der Waals surface area contributed by atoms with Crippen molar-refractivity contribution in [2.75, 3.05) is 6.61 Å². The second-order valence-electron chi connectivity index (χ2n) is 3.33. The van der Waals surface area contributed by atoms with Gasteiger partial charge < -0.3 is 10.5 Å². The summed E-state index contributed by atoms with van der Waals surface area (Å²) in [6.07, 6.45) is 1.02. The summed E-state index contributed by atoms with van der Waals surface area (Å²) in [6, 6.07) is 5.80. The van der Waals surface area contributed by atoms with Gasteiger partial charge in [-0.2, -0.15) is 0 Å². The van der Waals surface area contributed by atoms with E-state index in [1.54, 1.807) is 0 Å². The van der Waals surface area contributed by atoms with Crippen molar-refractivity contribution in [1.82, 2.24) is 0 Å². The van der Waals surface area contributed by atoms with Gasteiger partial charge in [0.15, 0.2) is 0 Å². The molecule has 0 bridgehead atoms. The van der Waals surface area contributed by atoms with E-state index in [0.29, 0.717) is 19.4 Å². The van der Waals surface area contributed by atoms with Crippen molar-refractivity contribution < 1.29 is 9.53 Å². The quantitative estimate of drug-likeness (QED) is 0.837. The van der Waals surface area contributed by atoms with Crippen LogP contribution in [0.1, 0.15) is 18.4 Å². The number of benzene rings is 1. The zero-order valence-electron chi connectivity index (χ0n) is 8.63. The molecule has 1 aromatic carbocycles. The number of rotatable bonds is 5. The fourth-order valence-corrected chi connectivity index (χ4v) is 1.46. The van der Waals surface area contributed by atoms with Gasteiger partial charge in [-0.1, -0.05) is 22.0 Å². The lowest BCUT2D eigenvalue weighted by atomic mass is 10.2. The van der Waals surface area contributed by atoms with Gasteiger partial charge in [-0.05, 0) is 31.0 Å². The average molecular weight is 272 g/mol. The number of primary amides is 1. The fourth-order valence-electron chi connectivity index (χ4n) is 1.10. The maximum Gasteiger partial charge on any atom is 0.217 e. The summed E-state index contributed by atoms with van der Waals surface area (Å²) >= 11 is 3.42. The van der Waals surface area contributed by atoms with E-state index in [9.17, 15) is 4.79 Å². The molecule has 2 N–H and O–H groups in total. The highest BCUT2D eigenvalue weighted by Crippen LogP contribution is 2.22. The molecule has 0 radical (unpaired) electrons. The molecule has 1 rings (SSSR count). The molecule has 3 nitrogen and oxygen atoms in total. The first-order chi connectivity index (χ1) is 7.09. The molecule has 0 heterocycles. The lowest BCUT2D eigenvalue weighted by Crippen LogP contribution is -2.11. The molecule has 0 aliphatic carbocycles. The Bertz CT molecular complexity index is 352. The summed E-state index contributed by atoms with van der Waals surface area (Å²) in [7, 11) is 0. The molecule has 0 unspecified atom stereocenters. The molecule has 4 heteroatoms. The van der Waals surface area contributed by atoms with Crippen LogP contribution in [0.3, 0.4) is 0 Å². The Balaban J connectivity index is 2.38. The fraction of sp³-hybridized carbons (Fsp3) is 0.364. The summed E-state index contributed by atoms with van der Waals surface area (Å²) in [5, 5.41) is 0. The van der Waals surface area contributed by atoms with Crippen LogP contribution in [0.25, 0.3) is 0 Å². The van der Waals surface area contributed by atoms with Crippen LogP contribution in [0.4, 0.5) is 0 Å². The van der Waals surface area contributed by atoms with Crippen molar-refractivity contribution >= 4 is 21.8 Å². The number of amides is 1. The minimum Gasteiger partial charge on any atom is -0.494 e. The third-order valence-corrected chi connectivity index (χ3v) is 2.83. The van der Waals surface area contributed by atoms with Gasteiger partial charge in [0, 0.05) is 10.9 Å². The van der Waals surface area contributed by atoms with E-state index in [-0.39, 0.29) is 5.91 Å². The maximum absolute atomic E-state index is 10.5. The standard InChI is InChI=1S/C11H14BrNO2/c1-8-4-5-9(7-10(8)12)15-6-2-3-11(13)14/h4-5,7H,2-3,6H2,1H3,(H2,13,14). The summed E-state index contributed by atoms with van der Waals surface area (Å²) in [6.45, 7) is 2.53. The van der Waals surface area contributed by atoms with E-state index in [1.807, 2.05) is 25.1 Å². The second-order valence-corrected chi connectivity index (χ2v) is 4.18. The molecule has 1 aromatic rings. The van der Waals surface area contributed by atoms with Gasteiger partial charge in [0.25, 0.3) is 0 Å². The topological polar surface area (TPSA) is 52.3 Å². The highest BCUT2D eigenvalue weighted by Gasteiger charge is 1.99. The summed E-state index contributed by atoms with van der Waals surface area (Å²) in [4.78, 5) is 10.5. The normalized spacial score (nSPS) is 10.0. The predicted molar refractivity (Wildman–Crippen MR) is 62.8 cm³/mol. The van der Waals surface area contributed by atoms with Crippen molar-refractivity contribution in [3.05, 3.63) is 28.2 Å². The van der Waals surface area contributed by atoms with E-state index in [1.165, 1.54) is 5.56 Å². The number of hydrogen-bond donors (Lipinski definition) is 1. The molecule has 0 atom stereocenters. The molecule has 0 saturated carbocycles. The van der Waals surface area contributed by atoms with Crippen LogP contribution in [-0.2, 0) is 4.79 Å². The minimum absolute atomic E-state index is 0.288. The highest BCUT2D eigenvalue weighted by atomic mass is 79.9. The number of halogens is 1. The number of aryl methyl sites for hydroxylation is 1. The number of carbonyl (C=O) groups is 1. The monoisotopic (exact) mass is 271 g/mol. The van der Waals surface area contributed by atoms with Gasteiger partial charge in [0.05, 0.1) is 6.61 Å². The van der Waals surface area contributed by atoms with Crippen LogP contribution < -0.4 is 10.5 Å². The number of hydrogen-bond acceptors (Lipinski definition) is 2. The highest BCUT2D eigenvalue weighted by molar-refractivity contribution is 9.10. The molecule has 0 saturated heterocycles. The molecule has 0 aliphatic heterocycles. The number of carbonyl (C=O) groups excluding carboxylic acids is 1. The van der Waals surface area contributed by atoms with Crippen LogP contribution in [0.2, 0.25) is 0 Å². The number of nitrogens with two attached hydrogens (primary N) is 1. The van der Waals surface area contributed by atoms with Crippen LogP contribution in [0.15, 0.2) is 22.7 Å². The maximum atomic E-state index is 10.5. The SMILES string of the molecule is Cc1ccc(OCCCC(N)=O)cc1Br. The Kier molecular flexibility index (Phi) is 4.62. The largest absolute Gasteiger partial charge is 0.494 e. The summed E-state index contributed by atoms with van der Waals surface area (Å²) < 4.78 is 6.48. The van der Waals surface area contributed by atoms with Crippen LogP contribution >= 0.6 is 15.9 Å². The third-order valence-electron chi connectivity index (χ3n) is 1.98. The van der Waals surface area contributed by atoms with Crippen molar-refractivity contribution in [3.8, 4) is 5.75 Å². The zero-order chi connectivity index (χ0) is 11.3. The smallest absolute Gasteiger partial charge is 0.217 e. The first kappa shape index (κ1) is 12.0. The van der Waals surface area contributed by atoms with E-state index in [0.717, 1.165) is 10.2 Å². The summed E-state index contributed by atoms with van der Waals surface area (Å²) in [5.41, 5.74) is 6.18. The molecule has 82 valence electrons. The van der Waals surface area contributed by atoms with Gasteiger partial charge in [-0.3, -0.25) is 4.79 Å². The Labute approximate surface area is 97.7 Å². The van der Waals surface area contributed by atoms with E-state index in [2.05, 4.69) is 15.9 Å². The Morgan fingerprint density at radius 2 is 2.27 bits per heavy atom. The van der Waals surface area contributed by atoms with Gasteiger partial charge >= 0.3 is 0 Å². The first-order valence-electron chi connectivity index (χ1n) is 4.77. The van der Waals surface area contributed by atoms with Crippen LogP contribution in [-0.4, -0.2) is 12.5 Å². The van der Waals surface area contributed by atoms with Crippen LogP contribution in [0.5, 0.6) is 5.75 Å². The van der Waals surface area contributed by atoms with E-state index < -0.39 is 0 Å². The molecular formula is C11H14BrNO2. The van der Waals surface area contributed by atoms with Crippen molar-refractivity contribution in [2.45, 2.75) is 19.8 Å². The van der Waals surface area contributed by atoms with Gasteiger partial charge in [-0.15, -0.1) is 0 Å². The summed E-state index contributed by atoms with van der Waals surface area (Å²) in [5.74, 6) is 0.514. The molecule has 0 aromatic heterocycles. The molecule has 0 aliphatic rings. The van der Waals surface area contributed by atoms with E-state index >= 15 is 0 Å². The molecule has 0 fully saturated rings. The van der Waals surface area contributed by atoms with Gasteiger partial charge in [-0.25, -0.2) is 0 Å². The molecule has 1 amide bonds. The minimum atomic E-state index is -0.288. The van der Waals surface area contributed by atoms with Crippen LogP contribution in [0, 0.1) is 6.92 Å². The number of ether oxygens (including phenoxy) is 1. The lowest BCUT2D eigenvalue weighted by molar-refractivity contribution is -0.118. The molecule has 15 heavy (non-hydrogen) atoms. The van der Waals surface area contributed by atoms with Crippen molar-refractivity contribution in [1.29, 1.82) is 0 Å². The Morgan fingerprint density at radius 3 is 2.87 bits per heavy atom. The van der Waals surface area contributed by atoms with Gasteiger partial charge in [0.2, 0.25) is 5.91 Å². The second kappa shape index (κ2) is 5.75. The average Bonchev–Trinajstić information content (AvgIpc) is 2.18. The van der Waals surface area contributed by atoms with E-state index in [4.69, 9.17) is 10.5 Å². The zero-order valence-corrected chi connectivity index (χ0v) is 10.2. The molecular weight excluding hydrogens is 258 g/mol. The van der Waals surface area contributed by atoms with Crippen molar-refractivity contribution in [3.63, 3.8) is 0 Å². The Morgan fingerprint density at radius 1 is 1.53 bits per heavy atom. The predicted octanol–water partition coefficient (Wildman–Crippen LogP) is 2.40. The Hall–Kier alpha value is -1.03. The lowest BCUT2D eigenvalue weighted by Gasteiger charge is -2.06.